The van der Waals surface area contributed by atoms with Crippen LogP contribution in [-0.4, -0.2) is 0 Å². The van der Waals surface area contributed by atoms with E-state index in [1.165, 1.54) is 76.5 Å². The summed E-state index contributed by atoms with van der Waals surface area (Å²) in [6.07, 6.45) is 0. The van der Waals surface area contributed by atoms with E-state index in [1.54, 1.807) is 0 Å². The molecular weight excluding hydrogens is 636 g/mol. The van der Waals surface area contributed by atoms with Crippen LogP contribution in [0.5, 0.6) is 0 Å². The molecule has 1 aliphatic rings. The Morgan fingerprint density at radius 3 is 1.55 bits per heavy atom. The molecule has 51 heavy (non-hydrogen) atoms. The van der Waals surface area contributed by atoms with E-state index < -0.39 is 7.14 Å². The van der Waals surface area contributed by atoms with Gasteiger partial charge < -0.3 is 4.57 Å². The molecule has 0 saturated carbocycles. The summed E-state index contributed by atoms with van der Waals surface area (Å²) in [6, 6.07) is 62.5. The third kappa shape index (κ3) is 4.32. The van der Waals surface area contributed by atoms with Crippen LogP contribution in [0, 0.1) is 0 Å². The first-order chi connectivity index (χ1) is 24.9. The van der Waals surface area contributed by atoms with Gasteiger partial charge in [-0.25, -0.2) is 0 Å². The zero-order valence-corrected chi connectivity index (χ0v) is 29.5. The Morgan fingerprint density at radius 1 is 0.412 bits per heavy atom. The van der Waals surface area contributed by atoms with Gasteiger partial charge in [0.2, 0.25) is 0 Å². The van der Waals surface area contributed by atoms with E-state index in [-0.39, 0.29) is 5.41 Å². The first-order valence-electron chi connectivity index (χ1n) is 17.7. The standard InChI is InChI=1S/C49H35OP/c1-49(2)45-30-33(47-37-20-10-9-15-32(37)29-44-40-23-12-11-21-38(40)39-22-13-14-24-43(39)48(44)47)25-27-41(45)42-28-26-36(31-46(42)49)51(50,34-16-5-3-6-17-34)35-18-7-4-8-19-35/h3-31H,1-2H3. The Hall–Kier alpha value is -5.75. The van der Waals surface area contributed by atoms with Crippen molar-refractivity contribution in [1.82, 2.24) is 0 Å². The van der Waals surface area contributed by atoms with Crippen LogP contribution in [0.25, 0.3) is 65.3 Å². The Kier molecular flexibility index (Phi) is 6.57. The third-order valence-corrected chi connectivity index (χ3v) is 14.4. The number of benzene rings is 9. The molecule has 0 atom stereocenters. The van der Waals surface area contributed by atoms with Gasteiger partial charge in [-0.3, -0.25) is 0 Å². The minimum atomic E-state index is -3.12. The summed E-state index contributed by atoms with van der Waals surface area (Å²) in [5, 5.41) is 12.8. The van der Waals surface area contributed by atoms with Crippen molar-refractivity contribution in [2.45, 2.75) is 19.3 Å². The molecule has 0 bridgehead atoms. The molecule has 0 amide bonds. The molecule has 1 nitrogen and oxygen atoms in total. The predicted octanol–water partition coefficient (Wildman–Crippen LogP) is 11.9. The molecule has 1 aliphatic carbocycles. The zero-order chi connectivity index (χ0) is 34.3. The summed E-state index contributed by atoms with van der Waals surface area (Å²) in [4.78, 5) is 0. The maximum atomic E-state index is 15.4. The summed E-state index contributed by atoms with van der Waals surface area (Å²) in [5.74, 6) is 0. The van der Waals surface area contributed by atoms with Crippen LogP contribution in [0.3, 0.4) is 0 Å². The van der Waals surface area contributed by atoms with E-state index in [0.29, 0.717) is 0 Å². The van der Waals surface area contributed by atoms with E-state index >= 15 is 4.57 Å². The Labute approximate surface area is 298 Å². The quantitative estimate of drug-likeness (QED) is 0.103. The van der Waals surface area contributed by atoms with Crippen LogP contribution >= 0.6 is 7.14 Å². The number of hydrogen-bond acceptors (Lipinski definition) is 1. The van der Waals surface area contributed by atoms with Gasteiger partial charge in [0.1, 0.15) is 0 Å². The van der Waals surface area contributed by atoms with Gasteiger partial charge in [0.05, 0.1) is 0 Å². The van der Waals surface area contributed by atoms with Crippen molar-refractivity contribution >= 4 is 66.1 Å². The number of rotatable bonds is 4. The smallest absolute Gasteiger partial charge is 0.171 e. The molecule has 9 aromatic rings. The van der Waals surface area contributed by atoms with Crippen LogP contribution in [0.4, 0.5) is 0 Å². The average molecular weight is 671 g/mol. The molecule has 0 radical (unpaired) electrons. The highest BCUT2D eigenvalue weighted by Gasteiger charge is 2.38. The fourth-order valence-electron chi connectivity index (χ4n) is 8.83. The van der Waals surface area contributed by atoms with Crippen molar-refractivity contribution < 1.29 is 4.57 Å². The molecule has 0 fully saturated rings. The third-order valence-electron chi connectivity index (χ3n) is 11.3. The van der Waals surface area contributed by atoms with Gasteiger partial charge in [-0.15, -0.1) is 0 Å². The topological polar surface area (TPSA) is 17.1 Å². The lowest BCUT2D eigenvalue weighted by atomic mass is 9.80. The molecule has 0 aromatic heterocycles. The highest BCUT2D eigenvalue weighted by Crippen LogP contribution is 2.53. The van der Waals surface area contributed by atoms with Crippen LogP contribution < -0.4 is 15.9 Å². The summed E-state index contributed by atoms with van der Waals surface area (Å²) in [7, 11) is -3.12. The van der Waals surface area contributed by atoms with E-state index in [9.17, 15) is 0 Å². The van der Waals surface area contributed by atoms with E-state index in [0.717, 1.165) is 15.9 Å². The molecule has 0 N–H and O–H groups in total. The second-order valence-electron chi connectivity index (χ2n) is 14.4. The van der Waals surface area contributed by atoms with E-state index in [2.05, 4.69) is 129 Å². The summed E-state index contributed by atoms with van der Waals surface area (Å²) < 4.78 is 15.4. The van der Waals surface area contributed by atoms with Crippen LogP contribution in [0.15, 0.2) is 176 Å². The van der Waals surface area contributed by atoms with Gasteiger partial charge in [-0.1, -0.05) is 172 Å². The average Bonchev–Trinajstić information content (AvgIpc) is 3.42. The number of hydrogen-bond donors (Lipinski definition) is 0. The Bertz CT molecular complexity index is 2860. The molecule has 0 saturated heterocycles. The van der Waals surface area contributed by atoms with Gasteiger partial charge in [0.15, 0.2) is 7.14 Å². The maximum absolute atomic E-state index is 15.4. The molecular formula is C49H35OP. The van der Waals surface area contributed by atoms with E-state index in [4.69, 9.17) is 0 Å². The highest BCUT2D eigenvalue weighted by atomic mass is 31.2. The lowest BCUT2D eigenvalue weighted by Crippen LogP contribution is -2.26. The molecule has 9 aromatic carbocycles. The molecule has 0 spiro atoms. The molecule has 242 valence electrons. The lowest BCUT2D eigenvalue weighted by molar-refractivity contribution is 0.592. The number of fused-ring (bicyclic) bond motifs is 10. The molecule has 10 rings (SSSR count). The van der Waals surface area contributed by atoms with Crippen LogP contribution in [0.2, 0.25) is 0 Å². The predicted molar refractivity (Wildman–Crippen MR) is 219 cm³/mol. The van der Waals surface area contributed by atoms with Crippen molar-refractivity contribution in [1.29, 1.82) is 0 Å². The maximum Gasteiger partial charge on any atom is 0.171 e. The van der Waals surface area contributed by atoms with E-state index in [1.807, 2.05) is 60.7 Å². The normalized spacial score (nSPS) is 13.5. The fraction of sp³-hybridized carbons (Fsp3) is 0.0612. The Morgan fingerprint density at radius 2 is 0.902 bits per heavy atom. The van der Waals surface area contributed by atoms with Gasteiger partial charge in [0.25, 0.3) is 0 Å². The first-order valence-corrected chi connectivity index (χ1v) is 19.4. The van der Waals surface area contributed by atoms with Crippen molar-refractivity contribution in [2.75, 3.05) is 0 Å². The Balaban J connectivity index is 1.21. The second kappa shape index (κ2) is 11.1. The highest BCUT2D eigenvalue weighted by molar-refractivity contribution is 7.85. The lowest BCUT2D eigenvalue weighted by Gasteiger charge is -2.25. The van der Waals surface area contributed by atoms with Gasteiger partial charge in [0, 0.05) is 21.3 Å². The molecule has 2 heteroatoms. The van der Waals surface area contributed by atoms with Crippen molar-refractivity contribution in [2.24, 2.45) is 0 Å². The fourth-order valence-corrected chi connectivity index (χ4v) is 11.5. The van der Waals surface area contributed by atoms with Crippen molar-refractivity contribution in [3.63, 3.8) is 0 Å². The molecule has 0 aliphatic heterocycles. The van der Waals surface area contributed by atoms with Crippen molar-refractivity contribution in [3.05, 3.63) is 187 Å². The summed E-state index contributed by atoms with van der Waals surface area (Å²) >= 11 is 0. The minimum absolute atomic E-state index is 0.302. The van der Waals surface area contributed by atoms with Crippen LogP contribution in [0.1, 0.15) is 25.0 Å². The monoisotopic (exact) mass is 670 g/mol. The minimum Gasteiger partial charge on any atom is -0.309 e. The SMILES string of the molecule is CC1(C)c2cc(-c3c4ccccc4cc4c5ccccc5c5ccccc5c34)ccc2-c2ccc(P(=O)(c3ccccc3)c3ccccc3)cc21. The van der Waals surface area contributed by atoms with Crippen molar-refractivity contribution in [3.8, 4) is 22.3 Å². The molecule has 0 unspecified atom stereocenters. The van der Waals surface area contributed by atoms with Crippen LogP contribution in [-0.2, 0) is 9.98 Å². The van der Waals surface area contributed by atoms with Gasteiger partial charge in [-0.05, 0) is 94.7 Å². The second-order valence-corrected chi connectivity index (χ2v) is 17.1. The summed E-state index contributed by atoms with van der Waals surface area (Å²) in [6.45, 7) is 4.65. The zero-order valence-electron chi connectivity index (χ0n) is 28.6. The molecule has 0 heterocycles. The largest absolute Gasteiger partial charge is 0.309 e. The van der Waals surface area contributed by atoms with Gasteiger partial charge >= 0.3 is 0 Å². The summed E-state index contributed by atoms with van der Waals surface area (Å²) in [5.41, 5.74) is 7.18. The first kappa shape index (κ1) is 30.1. The van der Waals surface area contributed by atoms with Gasteiger partial charge in [-0.2, -0.15) is 0 Å².